The molecule has 0 heterocycles. The van der Waals surface area contributed by atoms with Crippen LogP contribution < -0.4 is 5.32 Å². The molecule has 120 valence electrons. The fourth-order valence-corrected chi connectivity index (χ4v) is 5.03. The van der Waals surface area contributed by atoms with Crippen molar-refractivity contribution in [2.45, 2.75) is 38.0 Å². The van der Waals surface area contributed by atoms with Gasteiger partial charge in [0.1, 0.15) is 9.84 Å². The van der Waals surface area contributed by atoms with E-state index in [0.29, 0.717) is 6.54 Å². The Bertz CT molecular complexity index is 677. The SMILES string of the molecule is CS(=O)(=O)CC1(CNC(=O)C2CCCc3ccccc32)CC1. The van der Waals surface area contributed by atoms with Crippen molar-refractivity contribution in [3.63, 3.8) is 0 Å². The molecule has 5 heteroatoms. The molecule has 0 radical (unpaired) electrons. The van der Waals surface area contributed by atoms with Crippen molar-refractivity contribution < 1.29 is 13.2 Å². The minimum atomic E-state index is -2.99. The fourth-order valence-electron chi connectivity index (χ4n) is 3.53. The molecule has 3 rings (SSSR count). The summed E-state index contributed by atoms with van der Waals surface area (Å²) in [4.78, 5) is 12.5. The number of hydrogen-bond acceptors (Lipinski definition) is 3. The lowest BCUT2D eigenvalue weighted by Gasteiger charge is -2.25. The van der Waals surface area contributed by atoms with Gasteiger partial charge in [-0.2, -0.15) is 0 Å². The van der Waals surface area contributed by atoms with Crippen LogP contribution in [0.2, 0.25) is 0 Å². The van der Waals surface area contributed by atoms with Crippen LogP contribution in [0.25, 0.3) is 0 Å². The van der Waals surface area contributed by atoms with Crippen LogP contribution in [0.3, 0.4) is 0 Å². The molecule has 1 saturated carbocycles. The molecule has 4 nitrogen and oxygen atoms in total. The number of carbonyl (C=O) groups excluding carboxylic acids is 1. The van der Waals surface area contributed by atoms with E-state index in [0.717, 1.165) is 37.7 Å². The van der Waals surface area contributed by atoms with Crippen molar-refractivity contribution in [2.24, 2.45) is 5.41 Å². The summed E-state index contributed by atoms with van der Waals surface area (Å²) in [6.07, 6.45) is 6.00. The molecule has 2 aliphatic rings. The number of sulfone groups is 1. The zero-order valence-electron chi connectivity index (χ0n) is 13.0. The number of nitrogens with one attached hydrogen (secondary N) is 1. The Balaban J connectivity index is 1.64. The second kappa shape index (κ2) is 5.69. The van der Waals surface area contributed by atoms with Crippen LogP contribution in [0.1, 0.15) is 42.7 Å². The van der Waals surface area contributed by atoms with Crippen molar-refractivity contribution in [1.29, 1.82) is 0 Å². The third-order valence-corrected chi connectivity index (χ3v) is 5.99. The average Bonchev–Trinajstić information content (AvgIpc) is 3.22. The van der Waals surface area contributed by atoms with E-state index in [9.17, 15) is 13.2 Å². The van der Waals surface area contributed by atoms with E-state index in [-0.39, 0.29) is 23.0 Å². The fraction of sp³-hybridized carbons (Fsp3) is 0.588. The summed E-state index contributed by atoms with van der Waals surface area (Å²) in [5, 5.41) is 3.02. The molecule has 0 aliphatic heterocycles. The lowest BCUT2D eigenvalue weighted by atomic mass is 9.82. The molecule has 0 aromatic heterocycles. The highest BCUT2D eigenvalue weighted by molar-refractivity contribution is 7.90. The zero-order chi connectivity index (χ0) is 15.8. The van der Waals surface area contributed by atoms with E-state index < -0.39 is 9.84 Å². The summed E-state index contributed by atoms with van der Waals surface area (Å²) in [5.41, 5.74) is 2.20. The molecule has 1 atom stereocenters. The second-order valence-electron chi connectivity index (χ2n) is 6.93. The molecule has 1 aromatic carbocycles. The molecule has 1 aromatic rings. The van der Waals surface area contributed by atoms with E-state index in [1.54, 1.807) is 0 Å². The molecule has 22 heavy (non-hydrogen) atoms. The molecular weight excluding hydrogens is 298 g/mol. The number of fused-ring (bicyclic) bond motifs is 1. The smallest absolute Gasteiger partial charge is 0.227 e. The Morgan fingerprint density at radius 1 is 1.32 bits per heavy atom. The molecule has 1 fully saturated rings. The van der Waals surface area contributed by atoms with Gasteiger partial charge in [0.15, 0.2) is 0 Å². The van der Waals surface area contributed by atoms with E-state index in [4.69, 9.17) is 0 Å². The Morgan fingerprint density at radius 3 is 2.73 bits per heavy atom. The Kier molecular flexibility index (Phi) is 4.02. The van der Waals surface area contributed by atoms with Gasteiger partial charge in [-0.05, 0) is 43.2 Å². The van der Waals surface area contributed by atoms with Crippen molar-refractivity contribution >= 4 is 15.7 Å². The van der Waals surface area contributed by atoms with Gasteiger partial charge < -0.3 is 5.32 Å². The summed E-state index contributed by atoms with van der Waals surface area (Å²) >= 11 is 0. The third kappa shape index (κ3) is 3.51. The second-order valence-corrected chi connectivity index (χ2v) is 9.07. The minimum Gasteiger partial charge on any atom is -0.355 e. The Labute approximate surface area is 132 Å². The number of amides is 1. The van der Waals surface area contributed by atoms with Gasteiger partial charge in [-0.25, -0.2) is 8.42 Å². The van der Waals surface area contributed by atoms with Gasteiger partial charge in [-0.1, -0.05) is 24.3 Å². The molecule has 0 bridgehead atoms. The first-order chi connectivity index (χ1) is 10.4. The van der Waals surface area contributed by atoms with Crippen molar-refractivity contribution in [1.82, 2.24) is 5.32 Å². The van der Waals surface area contributed by atoms with Crippen LogP contribution in [-0.2, 0) is 21.1 Å². The molecular formula is C17H23NO3S. The van der Waals surface area contributed by atoms with E-state index in [2.05, 4.69) is 11.4 Å². The summed E-state index contributed by atoms with van der Waals surface area (Å²) in [7, 11) is -2.99. The zero-order valence-corrected chi connectivity index (χ0v) is 13.8. The van der Waals surface area contributed by atoms with Crippen molar-refractivity contribution in [3.8, 4) is 0 Å². The number of benzene rings is 1. The first-order valence-electron chi connectivity index (χ1n) is 7.92. The number of carbonyl (C=O) groups is 1. The Hall–Kier alpha value is -1.36. The lowest BCUT2D eigenvalue weighted by molar-refractivity contribution is -0.123. The largest absolute Gasteiger partial charge is 0.355 e. The van der Waals surface area contributed by atoms with Crippen LogP contribution in [0.5, 0.6) is 0 Å². The molecule has 2 aliphatic carbocycles. The highest BCUT2D eigenvalue weighted by atomic mass is 32.2. The van der Waals surface area contributed by atoms with Gasteiger partial charge in [-0.3, -0.25) is 4.79 Å². The monoisotopic (exact) mass is 321 g/mol. The van der Waals surface area contributed by atoms with Gasteiger partial charge in [0.05, 0.1) is 11.7 Å². The molecule has 0 saturated heterocycles. The molecule has 1 N–H and O–H groups in total. The van der Waals surface area contributed by atoms with E-state index >= 15 is 0 Å². The number of aryl methyl sites for hydroxylation is 1. The highest BCUT2D eigenvalue weighted by Crippen LogP contribution is 2.46. The average molecular weight is 321 g/mol. The summed E-state index contributed by atoms with van der Waals surface area (Å²) in [5.74, 6) is 0.146. The highest BCUT2D eigenvalue weighted by Gasteiger charge is 2.45. The minimum absolute atomic E-state index is 0.0481. The quantitative estimate of drug-likeness (QED) is 0.903. The first kappa shape index (κ1) is 15.5. The topological polar surface area (TPSA) is 63.2 Å². The van der Waals surface area contributed by atoms with Crippen molar-refractivity contribution in [3.05, 3.63) is 35.4 Å². The maximum atomic E-state index is 12.5. The number of rotatable bonds is 5. The predicted octanol–water partition coefficient (Wildman–Crippen LogP) is 2.05. The predicted molar refractivity (Wildman–Crippen MR) is 86.5 cm³/mol. The normalized spacial score (nSPS) is 22.7. The molecule has 0 spiro atoms. The standard InChI is InChI=1S/C17H23NO3S/c1-22(20,21)12-17(9-10-17)11-18-16(19)15-8-4-6-13-5-2-3-7-14(13)15/h2-3,5,7,15H,4,6,8-12H2,1H3,(H,18,19). The van der Waals surface area contributed by atoms with Gasteiger partial charge in [0, 0.05) is 18.2 Å². The van der Waals surface area contributed by atoms with E-state index in [1.165, 1.54) is 11.8 Å². The van der Waals surface area contributed by atoms with Gasteiger partial charge in [0.2, 0.25) is 5.91 Å². The summed E-state index contributed by atoms with van der Waals surface area (Å²) in [6, 6.07) is 8.14. The van der Waals surface area contributed by atoms with Crippen LogP contribution in [0.4, 0.5) is 0 Å². The maximum absolute atomic E-state index is 12.5. The van der Waals surface area contributed by atoms with Crippen molar-refractivity contribution in [2.75, 3.05) is 18.6 Å². The van der Waals surface area contributed by atoms with Crippen LogP contribution in [0, 0.1) is 5.41 Å². The number of hydrogen-bond donors (Lipinski definition) is 1. The lowest BCUT2D eigenvalue weighted by Crippen LogP contribution is -2.37. The first-order valence-corrected chi connectivity index (χ1v) is 9.98. The van der Waals surface area contributed by atoms with Gasteiger partial charge in [-0.15, -0.1) is 0 Å². The van der Waals surface area contributed by atoms with Gasteiger partial charge >= 0.3 is 0 Å². The maximum Gasteiger partial charge on any atom is 0.227 e. The van der Waals surface area contributed by atoms with Crippen LogP contribution in [0.15, 0.2) is 24.3 Å². The third-order valence-electron chi connectivity index (χ3n) is 4.85. The molecule has 1 amide bonds. The van der Waals surface area contributed by atoms with Crippen LogP contribution >= 0.6 is 0 Å². The summed E-state index contributed by atoms with van der Waals surface area (Å²) in [6.45, 7) is 0.484. The van der Waals surface area contributed by atoms with E-state index in [1.807, 2.05) is 18.2 Å². The molecule has 1 unspecified atom stereocenters. The van der Waals surface area contributed by atoms with Gasteiger partial charge in [0.25, 0.3) is 0 Å². The van der Waals surface area contributed by atoms with Crippen LogP contribution in [-0.4, -0.2) is 32.9 Å². The Morgan fingerprint density at radius 2 is 2.05 bits per heavy atom. The summed E-state index contributed by atoms with van der Waals surface area (Å²) < 4.78 is 23.0.